The molecule has 0 saturated carbocycles. The SMILES string of the molecule is COc1ccc(CN2CC3(CCN(Cc4cccnc4)C3)C2)cc1. The first-order valence-electron chi connectivity index (χ1n) is 8.71. The van der Waals surface area contributed by atoms with Crippen molar-refractivity contribution in [3.8, 4) is 5.75 Å². The highest BCUT2D eigenvalue weighted by molar-refractivity contribution is 5.27. The van der Waals surface area contributed by atoms with Crippen LogP contribution in [0.4, 0.5) is 0 Å². The summed E-state index contributed by atoms with van der Waals surface area (Å²) in [5, 5.41) is 0. The van der Waals surface area contributed by atoms with E-state index in [0.29, 0.717) is 5.41 Å². The van der Waals surface area contributed by atoms with E-state index in [4.69, 9.17) is 4.74 Å². The predicted octanol–water partition coefficient (Wildman–Crippen LogP) is 2.80. The van der Waals surface area contributed by atoms with E-state index in [1.165, 1.54) is 43.7 Å². The fourth-order valence-electron chi connectivity index (χ4n) is 4.17. The molecular formula is C20H25N3O. The van der Waals surface area contributed by atoms with Gasteiger partial charge in [0, 0.05) is 50.5 Å². The summed E-state index contributed by atoms with van der Waals surface area (Å²) >= 11 is 0. The topological polar surface area (TPSA) is 28.6 Å². The molecule has 0 N–H and O–H groups in total. The number of benzene rings is 1. The zero-order chi connectivity index (χ0) is 16.4. The maximum absolute atomic E-state index is 5.23. The fraction of sp³-hybridized carbons (Fsp3) is 0.450. The third kappa shape index (κ3) is 3.30. The second-order valence-corrected chi connectivity index (χ2v) is 7.32. The van der Waals surface area contributed by atoms with Gasteiger partial charge in [0.25, 0.3) is 0 Å². The van der Waals surface area contributed by atoms with Crippen molar-refractivity contribution in [1.29, 1.82) is 0 Å². The Labute approximate surface area is 144 Å². The van der Waals surface area contributed by atoms with Crippen LogP contribution in [0.2, 0.25) is 0 Å². The molecule has 24 heavy (non-hydrogen) atoms. The normalized spacial score (nSPS) is 20.2. The molecule has 0 unspecified atom stereocenters. The second-order valence-electron chi connectivity index (χ2n) is 7.32. The molecule has 4 heteroatoms. The summed E-state index contributed by atoms with van der Waals surface area (Å²) in [6.45, 7) is 6.97. The molecule has 2 saturated heterocycles. The van der Waals surface area contributed by atoms with E-state index in [-0.39, 0.29) is 0 Å². The van der Waals surface area contributed by atoms with Gasteiger partial charge in [0.1, 0.15) is 5.75 Å². The van der Waals surface area contributed by atoms with Crippen LogP contribution in [0, 0.1) is 5.41 Å². The lowest BCUT2D eigenvalue weighted by molar-refractivity contribution is 0.00159. The van der Waals surface area contributed by atoms with Crippen molar-refractivity contribution >= 4 is 0 Å². The maximum atomic E-state index is 5.23. The van der Waals surface area contributed by atoms with Crippen LogP contribution < -0.4 is 4.74 Å². The molecule has 2 aromatic rings. The number of likely N-dealkylation sites (tertiary alicyclic amines) is 2. The maximum Gasteiger partial charge on any atom is 0.118 e. The van der Waals surface area contributed by atoms with Crippen molar-refractivity contribution in [2.24, 2.45) is 5.41 Å². The van der Waals surface area contributed by atoms with Crippen LogP contribution in [-0.4, -0.2) is 48.1 Å². The molecule has 126 valence electrons. The monoisotopic (exact) mass is 323 g/mol. The molecule has 3 heterocycles. The van der Waals surface area contributed by atoms with Crippen molar-refractivity contribution in [1.82, 2.24) is 14.8 Å². The van der Waals surface area contributed by atoms with E-state index in [9.17, 15) is 0 Å². The van der Waals surface area contributed by atoms with Crippen molar-refractivity contribution in [2.75, 3.05) is 33.3 Å². The minimum atomic E-state index is 0.522. The molecule has 0 amide bonds. The molecule has 4 rings (SSSR count). The van der Waals surface area contributed by atoms with Gasteiger partial charge >= 0.3 is 0 Å². The van der Waals surface area contributed by atoms with Gasteiger partial charge in [-0.2, -0.15) is 0 Å². The zero-order valence-corrected chi connectivity index (χ0v) is 14.3. The Bertz CT molecular complexity index is 665. The standard InChI is InChI=1S/C20H25N3O/c1-24-19-6-4-17(5-7-19)12-23-15-20(16-23)8-10-22(14-20)13-18-3-2-9-21-11-18/h2-7,9,11H,8,10,12-16H2,1H3. The molecule has 0 radical (unpaired) electrons. The minimum absolute atomic E-state index is 0.522. The fourth-order valence-corrected chi connectivity index (χ4v) is 4.17. The lowest BCUT2D eigenvalue weighted by atomic mass is 9.79. The molecular weight excluding hydrogens is 298 g/mol. The van der Waals surface area contributed by atoms with E-state index in [0.717, 1.165) is 18.8 Å². The quantitative estimate of drug-likeness (QED) is 0.846. The number of rotatable bonds is 5. The van der Waals surface area contributed by atoms with E-state index in [1.54, 1.807) is 7.11 Å². The van der Waals surface area contributed by atoms with Crippen LogP contribution in [0.5, 0.6) is 5.75 Å². The van der Waals surface area contributed by atoms with Gasteiger partial charge in [0.2, 0.25) is 0 Å². The van der Waals surface area contributed by atoms with Crippen molar-refractivity contribution in [3.05, 3.63) is 59.9 Å². The van der Waals surface area contributed by atoms with Crippen LogP contribution >= 0.6 is 0 Å². The first-order chi connectivity index (χ1) is 11.7. The van der Waals surface area contributed by atoms with E-state index >= 15 is 0 Å². The molecule has 1 aromatic heterocycles. The van der Waals surface area contributed by atoms with Crippen LogP contribution in [0.15, 0.2) is 48.8 Å². The van der Waals surface area contributed by atoms with E-state index in [1.807, 2.05) is 18.5 Å². The summed E-state index contributed by atoms with van der Waals surface area (Å²) in [6, 6.07) is 12.7. The Hall–Kier alpha value is -1.91. The molecule has 0 atom stereocenters. The Morgan fingerprint density at radius 2 is 1.75 bits per heavy atom. The lowest BCUT2D eigenvalue weighted by Crippen LogP contribution is -2.56. The molecule has 0 aliphatic carbocycles. The van der Waals surface area contributed by atoms with Gasteiger partial charge in [-0.15, -0.1) is 0 Å². The number of aromatic nitrogens is 1. The number of hydrogen-bond acceptors (Lipinski definition) is 4. The molecule has 2 fully saturated rings. The lowest BCUT2D eigenvalue weighted by Gasteiger charge is -2.48. The first kappa shape index (κ1) is 15.6. The van der Waals surface area contributed by atoms with Crippen LogP contribution in [0.1, 0.15) is 17.5 Å². The van der Waals surface area contributed by atoms with E-state index < -0.39 is 0 Å². The van der Waals surface area contributed by atoms with Gasteiger partial charge < -0.3 is 4.74 Å². The third-order valence-corrected chi connectivity index (χ3v) is 5.33. The molecule has 2 aliphatic rings. The average Bonchev–Trinajstić information content (AvgIpc) is 3.00. The number of pyridine rings is 1. The summed E-state index contributed by atoms with van der Waals surface area (Å²) in [5.41, 5.74) is 3.22. The zero-order valence-electron chi connectivity index (χ0n) is 14.3. The van der Waals surface area contributed by atoms with Gasteiger partial charge in [-0.1, -0.05) is 18.2 Å². The smallest absolute Gasteiger partial charge is 0.118 e. The largest absolute Gasteiger partial charge is 0.497 e. The Morgan fingerprint density at radius 1 is 1.00 bits per heavy atom. The van der Waals surface area contributed by atoms with E-state index in [2.05, 4.69) is 45.1 Å². The summed E-state index contributed by atoms with van der Waals surface area (Å²) in [6.07, 6.45) is 5.16. The van der Waals surface area contributed by atoms with Crippen molar-refractivity contribution < 1.29 is 4.74 Å². The Balaban J connectivity index is 1.27. The highest BCUT2D eigenvalue weighted by Gasteiger charge is 2.47. The second kappa shape index (κ2) is 6.54. The molecule has 1 aromatic carbocycles. The van der Waals surface area contributed by atoms with Crippen LogP contribution in [0.3, 0.4) is 0 Å². The minimum Gasteiger partial charge on any atom is -0.497 e. The average molecular weight is 323 g/mol. The number of methoxy groups -OCH3 is 1. The number of hydrogen-bond donors (Lipinski definition) is 0. The first-order valence-corrected chi connectivity index (χ1v) is 8.71. The molecule has 2 aliphatic heterocycles. The van der Waals surface area contributed by atoms with Crippen LogP contribution in [0.25, 0.3) is 0 Å². The summed E-state index contributed by atoms with van der Waals surface area (Å²) in [4.78, 5) is 9.37. The molecule has 1 spiro atoms. The predicted molar refractivity (Wildman–Crippen MR) is 94.8 cm³/mol. The van der Waals surface area contributed by atoms with Gasteiger partial charge in [-0.05, 0) is 42.3 Å². The van der Waals surface area contributed by atoms with Gasteiger partial charge in [-0.3, -0.25) is 14.8 Å². The van der Waals surface area contributed by atoms with Crippen molar-refractivity contribution in [2.45, 2.75) is 19.5 Å². The summed E-state index contributed by atoms with van der Waals surface area (Å²) in [7, 11) is 1.71. The highest BCUT2D eigenvalue weighted by Crippen LogP contribution is 2.40. The Kier molecular flexibility index (Phi) is 4.25. The number of ether oxygens (including phenoxy) is 1. The van der Waals surface area contributed by atoms with Gasteiger partial charge in [0.15, 0.2) is 0 Å². The third-order valence-electron chi connectivity index (χ3n) is 5.33. The van der Waals surface area contributed by atoms with Crippen molar-refractivity contribution in [3.63, 3.8) is 0 Å². The molecule has 0 bridgehead atoms. The van der Waals surface area contributed by atoms with Crippen LogP contribution in [-0.2, 0) is 13.1 Å². The highest BCUT2D eigenvalue weighted by atomic mass is 16.5. The van der Waals surface area contributed by atoms with Gasteiger partial charge in [-0.25, -0.2) is 0 Å². The molecule has 4 nitrogen and oxygen atoms in total. The summed E-state index contributed by atoms with van der Waals surface area (Å²) in [5.74, 6) is 0.931. The summed E-state index contributed by atoms with van der Waals surface area (Å²) < 4.78 is 5.23. The number of nitrogens with zero attached hydrogens (tertiary/aromatic N) is 3. The Morgan fingerprint density at radius 3 is 2.46 bits per heavy atom. The van der Waals surface area contributed by atoms with Gasteiger partial charge in [0.05, 0.1) is 7.11 Å².